The monoisotopic (exact) mass is 682 g/mol. The predicted octanol–water partition coefficient (Wildman–Crippen LogP) is 1.60. The summed E-state index contributed by atoms with van der Waals surface area (Å²) in [6, 6.07) is 9.04. The van der Waals surface area contributed by atoms with Gasteiger partial charge in [0.25, 0.3) is 0 Å². The number of hydrogen-bond acceptors (Lipinski definition) is 10. The highest BCUT2D eigenvalue weighted by Gasteiger charge is 2.17. The molecule has 0 aliphatic carbocycles. The Morgan fingerprint density at radius 2 is 0.959 bits per heavy atom. The van der Waals surface area contributed by atoms with E-state index in [0.29, 0.717) is 84.7 Å². The van der Waals surface area contributed by atoms with Gasteiger partial charge in [0.1, 0.15) is 0 Å². The Balaban J connectivity index is 1.94. The average molecular weight is 683 g/mol. The summed E-state index contributed by atoms with van der Waals surface area (Å²) in [6.45, 7) is 10.7. The fraction of sp³-hybridized carbons (Fsp3) is 0.429. The number of phenols is 4. The zero-order chi connectivity index (χ0) is 36.0. The van der Waals surface area contributed by atoms with Crippen LogP contribution in [0, 0.1) is 0 Å². The van der Waals surface area contributed by atoms with Gasteiger partial charge in [0, 0.05) is 78.3 Å². The van der Waals surface area contributed by atoms with Gasteiger partial charge in [-0.2, -0.15) is 0 Å². The van der Waals surface area contributed by atoms with Gasteiger partial charge in [-0.3, -0.25) is 19.2 Å². The quantitative estimate of drug-likeness (QED) is 0.0457. The second-order valence-electron chi connectivity index (χ2n) is 11.3. The lowest BCUT2D eigenvalue weighted by Gasteiger charge is -2.27. The van der Waals surface area contributed by atoms with Gasteiger partial charge in [-0.25, -0.2) is 0 Å². The van der Waals surface area contributed by atoms with E-state index in [9.17, 15) is 39.6 Å². The second-order valence-corrected chi connectivity index (χ2v) is 11.3. The second kappa shape index (κ2) is 22.5. The molecule has 14 heteroatoms. The van der Waals surface area contributed by atoms with E-state index in [1.807, 2.05) is 0 Å². The number of benzene rings is 2. The summed E-state index contributed by atoms with van der Waals surface area (Å²) < 4.78 is 0. The van der Waals surface area contributed by atoms with Gasteiger partial charge >= 0.3 is 0 Å². The number of nitrogens with one attached hydrogen (secondary N) is 4. The van der Waals surface area contributed by atoms with Crippen LogP contribution < -0.4 is 21.3 Å². The fourth-order valence-corrected chi connectivity index (χ4v) is 4.81. The van der Waals surface area contributed by atoms with Crippen molar-refractivity contribution in [3.05, 3.63) is 72.8 Å². The molecule has 2 aromatic carbocycles. The molecular weight excluding hydrogens is 632 g/mol. The molecule has 0 radical (unpaired) electrons. The number of rotatable bonds is 24. The number of hydrogen-bond donors (Lipinski definition) is 8. The first-order chi connectivity index (χ1) is 23.5. The van der Waals surface area contributed by atoms with Gasteiger partial charge in [-0.1, -0.05) is 25.3 Å². The van der Waals surface area contributed by atoms with Crippen LogP contribution in [-0.4, -0.2) is 106 Å². The summed E-state index contributed by atoms with van der Waals surface area (Å²) in [7, 11) is 0. The van der Waals surface area contributed by atoms with E-state index in [0.717, 1.165) is 11.1 Å². The van der Waals surface area contributed by atoms with Crippen LogP contribution in [0.15, 0.2) is 61.7 Å². The first kappa shape index (κ1) is 40.1. The van der Waals surface area contributed by atoms with Crippen molar-refractivity contribution in [1.82, 2.24) is 31.1 Å². The molecule has 2 aromatic rings. The summed E-state index contributed by atoms with van der Waals surface area (Å²) in [5.41, 5.74) is 1.50. The lowest BCUT2D eigenvalue weighted by Crippen LogP contribution is -2.40. The molecule has 0 unspecified atom stereocenters. The maximum atomic E-state index is 13.2. The molecule has 4 amide bonds. The van der Waals surface area contributed by atoms with Crippen molar-refractivity contribution in [3.63, 3.8) is 0 Å². The molecule has 8 N–H and O–H groups in total. The van der Waals surface area contributed by atoms with Crippen LogP contribution in [-0.2, 0) is 32.3 Å². The summed E-state index contributed by atoms with van der Waals surface area (Å²) in [5.74, 6) is -1.62. The third-order valence-electron chi connectivity index (χ3n) is 7.51. The number of phenolic OH excluding ortho intramolecular Hbond substituents is 4. The summed E-state index contributed by atoms with van der Waals surface area (Å²) in [4.78, 5) is 53.0. The van der Waals surface area contributed by atoms with Crippen molar-refractivity contribution in [2.75, 3.05) is 52.4 Å². The van der Waals surface area contributed by atoms with E-state index in [2.05, 4.69) is 34.4 Å². The van der Waals surface area contributed by atoms with Gasteiger partial charge in [0.05, 0.1) is 0 Å². The van der Waals surface area contributed by atoms with E-state index < -0.39 is 0 Å². The Morgan fingerprint density at radius 3 is 1.33 bits per heavy atom. The lowest BCUT2D eigenvalue weighted by molar-refractivity contribution is -0.132. The standard InChI is InChI=1S/C35H50N6O8/c1-3-32(46)38-14-5-18-40(34(48)12-16-36-24-26-8-10-28(42)30(44)22-26)20-7-21-41(19-6-15-39-33(47)4-2)35(49)13-17-37-25-27-9-11-29(43)31(45)23-27/h3-4,8-11,22-23,36-37,42-45H,1-2,5-7,12-21,24-25H2,(H,38,46)(H,39,47). The van der Waals surface area contributed by atoms with Crippen LogP contribution in [0.4, 0.5) is 0 Å². The molecular formula is C35H50N6O8. The zero-order valence-electron chi connectivity index (χ0n) is 28.0. The van der Waals surface area contributed by atoms with Gasteiger partial charge in [-0.05, 0) is 66.8 Å². The van der Waals surface area contributed by atoms with E-state index >= 15 is 0 Å². The number of carbonyl (C=O) groups excluding carboxylic acids is 4. The Kier molecular flexibility index (Phi) is 18.4. The topological polar surface area (TPSA) is 204 Å². The van der Waals surface area contributed by atoms with Gasteiger partial charge in [-0.15, -0.1) is 0 Å². The molecule has 0 aliphatic rings. The minimum absolute atomic E-state index is 0.0921. The number of amides is 4. The first-order valence-electron chi connectivity index (χ1n) is 16.3. The highest BCUT2D eigenvalue weighted by Crippen LogP contribution is 2.25. The molecule has 14 nitrogen and oxygen atoms in total. The molecule has 0 spiro atoms. The van der Waals surface area contributed by atoms with Crippen LogP contribution in [0.25, 0.3) is 0 Å². The van der Waals surface area contributed by atoms with E-state index in [-0.39, 0.29) is 59.5 Å². The van der Waals surface area contributed by atoms with Crippen molar-refractivity contribution in [1.29, 1.82) is 0 Å². The summed E-state index contributed by atoms with van der Waals surface area (Å²) in [5, 5.41) is 50.2. The maximum absolute atomic E-state index is 13.2. The minimum atomic E-state index is -0.295. The van der Waals surface area contributed by atoms with E-state index in [4.69, 9.17) is 0 Å². The Labute approximate surface area is 287 Å². The summed E-state index contributed by atoms with van der Waals surface area (Å²) >= 11 is 0. The van der Waals surface area contributed by atoms with Gasteiger partial charge in [0.2, 0.25) is 23.6 Å². The number of nitrogens with zero attached hydrogens (tertiary/aromatic N) is 2. The van der Waals surface area contributed by atoms with Gasteiger partial charge in [0.15, 0.2) is 23.0 Å². The molecule has 2 rings (SSSR count). The molecule has 0 saturated carbocycles. The molecule has 0 aliphatic heterocycles. The van der Waals surface area contributed by atoms with Crippen LogP contribution >= 0.6 is 0 Å². The molecule has 0 atom stereocenters. The third kappa shape index (κ3) is 16.0. The SMILES string of the molecule is C=CC(=O)NCCCN(CCCN(CCCNC(=O)C=C)C(=O)CCNCc1ccc(O)c(O)c1)C(=O)CCNCc1ccc(O)c(O)c1. The molecule has 0 aromatic heterocycles. The Bertz CT molecular complexity index is 1300. The fourth-order valence-electron chi connectivity index (χ4n) is 4.81. The van der Waals surface area contributed by atoms with Crippen molar-refractivity contribution in [2.24, 2.45) is 0 Å². The predicted molar refractivity (Wildman–Crippen MR) is 186 cm³/mol. The third-order valence-corrected chi connectivity index (χ3v) is 7.51. The van der Waals surface area contributed by atoms with Crippen LogP contribution in [0.2, 0.25) is 0 Å². The lowest BCUT2D eigenvalue weighted by atomic mass is 10.2. The Hall–Kier alpha value is -5.08. The molecule has 0 saturated heterocycles. The molecule has 0 bridgehead atoms. The molecule has 49 heavy (non-hydrogen) atoms. The highest BCUT2D eigenvalue weighted by atomic mass is 16.3. The van der Waals surface area contributed by atoms with Crippen LogP contribution in [0.1, 0.15) is 43.2 Å². The first-order valence-corrected chi connectivity index (χ1v) is 16.3. The van der Waals surface area contributed by atoms with Crippen LogP contribution in [0.5, 0.6) is 23.0 Å². The molecule has 268 valence electrons. The van der Waals surface area contributed by atoms with Crippen LogP contribution in [0.3, 0.4) is 0 Å². The Morgan fingerprint density at radius 1 is 0.571 bits per heavy atom. The smallest absolute Gasteiger partial charge is 0.243 e. The molecule has 0 heterocycles. The minimum Gasteiger partial charge on any atom is -0.504 e. The average Bonchev–Trinajstić information content (AvgIpc) is 3.09. The maximum Gasteiger partial charge on any atom is 0.243 e. The van der Waals surface area contributed by atoms with Crippen molar-refractivity contribution in [2.45, 2.75) is 45.2 Å². The normalized spacial score (nSPS) is 10.6. The largest absolute Gasteiger partial charge is 0.504 e. The summed E-state index contributed by atoms with van der Waals surface area (Å²) in [6.07, 6.45) is 4.35. The van der Waals surface area contributed by atoms with E-state index in [1.54, 1.807) is 21.9 Å². The number of aromatic hydroxyl groups is 4. The highest BCUT2D eigenvalue weighted by molar-refractivity contribution is 5.87. The van der Waals surface area contributed by atoms with Crippen molar-refractivity contribution in [3.8, 4) is 23.0 Å². The van der Waals surface area contributed by atoms with E-state index in [1.165, 1.54) is 36.4 Å². The van der Waals surface area contributed by atoms with Crippen molar-refractivity contribution >= 4 is 23.6 Å². The molecule has 0 fully saturated rings. The number of carbonyl (C=O) groups is 4. The zero-order valence-corrected chi connectivity index (χ0v) is 28.0. The van der Waals surface area contributed by atoms with Gasteiger partial charge < -0.3 is 51.5 Å². The van der Waals surface area contributed by atoms with Crippen molar-refractivity contribution < 1.29 is 39.6 Å².